The van der Waals surface area contributed by atoms with Gasteiger partial charge in [0.05, 0.1) is 0 Å². The van der Waals surface area contributed by atoms with Gasteiger partial charge in [-0.05, 0) is 38.5 Å². The van der Waals surface area contributed by atoms with Gasteiger partial charge in [0.1, 0.15) is 0 Å². The number of carboxylic acid groups (broad SMARTS) is 3. The molecule has 0 rings (SSSR count). The molecule has 0 bridgehead atoms. The van der Waals surface area contributed by atoms with Crippen LogP contribution >= 0.6 is 0 Å². The van der Waals surface area contributed by atoms with E-state index in [0.29, 0.717) is 0 Å². The van der Waals surface area contributed by atoms with Crippen LogP contribution < -0.4 is 15.3 Å². The molecule has 0 aromatic rings. The fraction of sp³-hybridized carbons (Fsp3) is 0.917. The molecule has 0 aliphatic carbocycles. The molecule has 260 valence electrons. The molecule has 7 nitrogen and oxygen atoms in total. The van der Waals surface area contributed by atoms with Crippen LogP contribution in [0.5, 0.6) is 0 Å². The Bertz CT molecular complexity index is 483. The van der Waals surface area contributed by atoms with Crippen molar-refractivity contribution in [3.63, 3.8) is 0 Å². The summed E-state index contributed by atoms with van der Waals surface area (Å²) in [6, 6.07) is 0. The molecule has 0 aromatic carbocycles. The monoisotopic (exact) mass is 662 g/mol. The topological polar surface area (TPSA) is 141 Å². The third-order valence-corrected chi connectivity index (χ3v) is 7.45. The number of carbonyl (C=O) groups is 3. The Hall–Kier alpha value is -0.916. The summed E-state index contributed by atoms with van der Waals surface area (Å²) in [5.74, 6) is -2.73. The zero-order valence-electron chi connectivity index (χ0n) is 29.1. The van der Waals surface area contributed by atoms with Crippen LogP contribution in [0.15, 0.2) is 0 Å². The van der Waals surface area contributed by atoms with Crippen LogP contribution in [0.25, 0.3) is 0 Å². The summed E-state index contributed by atoms with van der Waals surface area (Å²) in [4.78, 5) is 30.3. The van der Waals surface area contributed by atoms with Crippen LogP contribution in [-0.2, 0) is 35.2 Å². The molecule has 1 N–H and O–H groups in total. The first-order valence-corrected chi connectivity index (χ1v) is 18.8. The van der Waals surface area contributed by atoms with Gasteiger partial charge in [-0.1, -0.05) is 175 Å². The van der Waals surface area contributed by atoms with Crippen molar-refractivity contribution in [1.82, 2.24) is 0 Å². The van der Waals surface area contributed by atoms with E-state index in [1.807, 2.05) is 0 Å². The Kier molecular flexibility index (Phi) is 55.6. The van der Waals surface area contributed by atoms with Crippen molar-refractivity contribution < 1.29 is 54.2 Å². The van der Waals surface area contributed by atoms with Gasteiger partial charge < -0.3 is 29.7 Å². The van der Waals surface area contributed by atoms with E-state index in [4.69, 9.17) is 3.69 Å². The standard InChI is InChI=1S/3C12H24O2.H2O.Ti/c3*1-2-3-4-5-6-7-8-9-10-11-12(13)14;;/h3*2-11H2,1H3,(H,13,14);1H2;/q;;;;+4/p-4. The van der Waals surface area contributed by atoms with Gasteiger partial charge in [-0.3, -0.25) is 0 Å². The summed E-state index contributed by atoms with van der Waals surface area (Å²) in [6.45, 7) is 6.67. The number of hydrogen-bond acceptors (Lipinski definition) is 7. The molecule has 0 saturated heterocycles. The minimum atomic E-state index is -0.909. The second-order valence-electron chi connectivity index (χ2n) is 11.9. The van der Waals surface area contributed by atoms with Gasteiger partial charge in [0.2, 0.25) is 0 Å². The van der Waals surface area contributed by atoms with Crippen molar-refractivity contribution in [2.75, 3.05) is 0 Å². The second-order valence-corrected chi connectivity index (χ2v) is 11.9. The first-order chi connectivity index (χ1) is 21.3. The molecule has 0 unspecified atom stereocenters. The molecule has 0 aliphatic heterocycles. The van der Waals surface area contributed by atoms with Crippen LogP contribution in [0.4, 0.5) is 0 Å². The first kappa shape index (κ1) is 50.0. The molecule has 0 heterocycles. The summed E-state index contributed by atoms with van der Waals surface area (Å²) in [6.07, 6.45) is 33.5. The van der Waals surface area contributed by atoms with E-state index in [2.05, 4.69) is 20.8 Å². The summed E-state index contributed by atoms with van der Waals surface area (Å²) in [7, 11) is 0. The summed E-state index contributed by atoms with van der Waals surface area (Å²) in [5, 5.41) is 30.3. The Balaban J connectivity index is -0.000000265. The van der Waals surface area contributed by atoms with Gasteiger partial charge in [-0.2, -0.15) is 0 Å². The SMILES string of the molecule is CCCCCCCCCCCC(=O)[O-].CCCCCCCCCCCC(=O)[O-].CCCCCCCCCCCC(=O)[O-].[OH][Ti+3]. The number of carboxylic acids is 3. The van der Waals surface area contributed by atoms with E-state index in [1.54, 1.807) is 0 Å². The van der Waals surface area contributed by atoms with Crippen molar-refractivity contribution >= 4 is 17.9 Å². The summed E-state index contributed by atoms with van der Waals surface area (Å²) >= 11 is 1.00. The molecular weight excluding hydrogens is 592 g/mol. The van der Waals surface area contributed by atoms with Gasteiger partial charge >= 0.3 is 24.5 Å². The van der Waals surface area contributed by atoms with Crippen molar-refractivity contribution in [3.05, 3.63) is 0 Å². The molecule has 0 amide bonds. The molecule has 0 saturated carbocycles. The molecule has 0 radical (unpaired) electrons. The maximum absolute atomic E-state index is 10.1. The Morgan fingerprint density at radius 2 is 0.477 bits per heavy atom. The van der Waals surface area contributed by atoms with Gasteiger partial charge in [0.15, 0.2) is 0 Å². The van der Waals surface area contributed by atoms with E-state index >= 15 is 0 Å². The van der Waals surface area contributed by atoms with Crippen LogP contribution in [-0.4, -0.2) is 21.6 Å². The van der Waals surface area contributed by atoms with Crippen LogP contribution in [0.2, 0.25) is 0 Å². The van der Waals surface area contributed by atoms with E-state index < -0.39 is 17.9 Å². The number of rotatable bonds is 30. The predicted molar refractivity (Wildman–Crippen MR) is 173 cm³/mol. The maximum atomic E-state index is 10.1. The minimum absolute atomic E-state index is 0.232. The van der Waals surface area contributed by atoms with Crippen LogP contribution in [0, 0.1) is 0 Å². The van der Waals surface area contributed by atoms with E-state index in [1.165, 1.54) is 135 Å². The second kappa shape index (κ2) is 49.0. The van der Waals surface area contributed by atoms with Crippen LogP contribution in [0.3, 0.4) is 0 Å². The third kappa shape index (κ3) is 64.1. The molecule has 0 atom stereocenters. The number of aliphatic carboxylic acids is 3. The number of carbonyl (C=O) groups excluding carboxylic acids is 3. The number of unbranched alkanes of at least 4 members (excludes halogenated alkanes) is 24. The third-order valence-electron chi connectivity index (χ3n) is 7.45. The molecular formula is C36H70O7Ti. The van der Waals surface area contributed by atoms with Crippen molar-refractivity contribution in [1.29, 1.82) is 0 Å². The van der Waals surface area contributed by atoms with Crippen molar-refractivity contribution in [3.8, 4) is 0 Å². The summed E-state index contributed by atoms with van der Waals surface area (Å²) < 4.78 is 7.00. The zero-order valence-corrected chi connectivity index (χ0v) is 30.7. The average molecular weight is 663 g/mol. The normalized spacial score (nSPS) is 10.0. The zero-order chi connectivity index (χ0) is 33.9. The Morgan fingerprint density at radius 3 is 0.614 bits per heavy atom. The fourth-order valence-electron chi connectivity index (χ4n) is 4.74. The predicted octanol–water partition coefficient (Wildman–Crippen LogP) is 7.41. The summed E-state index contributed by atoms with van der Waals surface area (Å²) in [5.41, 5.74) is 0. The van der Waals surface area contributed by atoms with Crippen LogP contribution in [0.1, 0.15) is 213 Å². The van der Waals surface area contributed by atoms with Crippen molar-refractivity contribution in [2.45, 2.75) is 213 Å². The average Bonchev–Trinajstić information content (AvgIpc) is 3.00. The molecule has 0 aliphatic rings. The molecule has 8 heteroatoms. The van der Waals surface area contributed by atoms with Gasteiger partial charge in [0, 0.05) is 17.9 Å². The van der Waals surface area contributed by atoms with E-state index in [0.717, 1.165) is 59.3 Å². The van der Waals surface area contributed by atoms with Crippen molar-refractivity contribution in [2.24, 2.45) is 0 Å². The van der Waals surface area contributed by atoms with E-state index in [9.17, 15) is 29.7 Å². The molecule has 0 aromatic heterocycles. The Labute approximate surface area is 284 Å². The molecule has 0 fully saturated rings. The van der Waals surface area contributed by atoms with E-state index in [-0.39, 0.29) is 19.3 Å². The fourth-order valence-corrected chi connectivity index (χ4v) is 4.74. The van der Waals surface area contributed by atoms with Gasteiger partial charge in [0.25, 0.3) is 0 Å². The van der Waals surface area contributed by atoms with Gasteiger partial charge in [-0.25, -0.2) is 0 Å². The number of hydrogen-bond donors (Lipinski definition) is 1. The first-order valence-electron chi connectivity index (χ1n) is 18.1. The quantitative estimate of drug-likeness (QED) is 0.0624. The molecule has 44 heavy (non-hydrogen) atoms. The Morgan fingerprint density at radius 1 is 0.341 bits per heavy atom. The molecule has 0 spiro atoms. The van der Waals surface area contributed by atoms with Gasteiger partial charge in [-0.15, -0.1) is 0 Å².